The molecular weight excluding hydrogens is 430 g/mol. The molecule has 2 aromatic carbocycles. The lowest BCUT2D eigenvalue weighted by molar-refractivity contribution is -0.384. The van der Waals surface area contributed by atoms with Crippen molar-refractivity contribution < 1.29 is 9.66 Å². The summed E-state index contributed by atoms with van der Waals surface area (Å²) in [7, 11) is 0. The fourth-order valence-corrected chi connectivity index (χ4v) is 4.73. The van der Waals surface area contributed by atoms with E-state index in [4.69, 9.17) is 4.74 Å². The number of thiophene rings is 1. The number of nitro benzene ring substituents is 1. The van der Waals surface area contributed by atoms with E-state index in [1.165, 1.54) is 28.0 Å². The van der Waals surface area contributed by atoms with Crippen molar-refractivity contribution in [3.8, 4) is 11.4 Å². The standard InChI is InChI=1S/C23H21N3O5S/c1-4-31-19-11-9-17(10-12-19)25-21(27)20-14(2)15(3)32-22(20)24(23(25)28)13-16-5-7-18(8-6-16)26(29)30/h5-12H,4,13H2,1-3H3. The van der Waals surface area contributed by atoms with Gasteiger partial charge in [-0.1, -0.05) is 12.1 Å². The average Bonchev–Trinajstić information content (AvgIpc) is 3.07. The average molecular weight is 452 g/mol. The Morgan fingerprint density at radius 3 is 2.28 bits per heavy atom. The van der Waals surface area contributed by atoms with Crippen LogP contribution in [0.25, 0.3) is 15.9 Å². The molecule has 0 spiro atoms. The maximum absolute atomic E-state index is 13.5. The summed E-state index contributed by atoms with van der Waals surface area (Å²) < 4.78 is 8.19. The number of benzene rings is 2. The molecular formula is C23H21N3O5S. The zero-order valence-corrected chi connectivity index (χ0v) is 18.6. The largest absolute Gasteiger partial charge is 0.494 e. The molecule has 0 radical (unpaired) electrons. The van der Waals surface area contributed by atoms with Crippen LogP contribution in [0.2, 0.25) is 0 Å². The minimum absolute atomic E-state index is 0.0200. The molecule has 2 heterocycles. The van der Waals surface area contributed by atoms with Gasteiger partial charge in [-0.15, -0.1) is 11.3 Å². The van der Waals surface area contributed by atoms with Crippen molar-refractivity contribution in [3.05, 3.63) is 95.5 Å². The summed E-state index contributed by atoms with van der Waals surface area (Å²) in [6.45, 7) is 6.37. The first-order chi connectivity index (χ1) is 15.3. The lowest BCUT2D eigenvalue weighted by atomic mass is 10.2. The van der Waals surface area contributed by atoms with E-state index < -0.39 is 10.6 Å². The normalized spacial score (nSPS) is 11.1. The number of hydrogen-bond donors (Lipinski definition) is 0. The Bertz CT molecular complexity index is 1430. The highest BCUT2D eigenvalue weighted by Crippen LogP contribution is 2.28. The third-order valence-corrected chi connectivity index (χ3v) is 6.58. The summed E-state index contributed by atoms with van der Waals surface area (Å²) in [5, 5.41) is 11.5. The van der Waals surface area contributed by atoms with E-state index in [1.807, 2.05) is 20.8 Å². The number of rotatable bonds is 6. The number of aryl methyl sites for hydroxylation is 2. The maximum Gasteiger partial charge on any atom is 0.337 e. The zero-order valence-electron chi connectivity index (χ0n) is 17.8. The summed E-state index contributed by atoms with van der Waals surface area (Å²) in [5.74, 6) is 0.652. The summed E-state index contributed by atoms with van der Waals surface area (Å²) in [5.41, 5.74) is 1.16. The molecule has 0 saturated carbocycles. The van der Waals surface area contributed by atoms with Gasteiger partial charge in [-0.25, -0.2) is 9.36 Å². The van der Waals surface area contributed by atoms with E-state index in [0.29, 0.717) is 28.3 Å². The van der Waals surface area contributed by atoms with Crippen molar-refractivity contribution in [1.29, 1.82) is 0 Å². The summed E-state index contributed by atoms with van der Waals surface area (Å²) >= 11 is 1.40. The minimum Gasteiger partial charge on any atom is -0.494 e. The number of aromatic nitrogens is 2. The SMILES string of the molecule is CCOc1ccc(-n2c(=O)c3c(C)c(C)sc3n(Cc3ccc([N+](=O)[O-])cc3)c2=O)cc1. The number of hydrogen-bond acceptors (Lipinski definition) is 6. The Kier molecular flexibility index (Phi) is 5.67. The second-order valence-electron chi connectivity index (χ2n) is 7.32. The molecule has 0 saturated heterocycles. The van der Waals surface area contributed by atoms with Crippen molar-refractivity contribution in [2.75, 3.05) is 6.61 Å². The van der Waals surface area contributed by atoms with Crippen LogP contribution in [0.4, 0.5) is 5.69 Å². The molecule has 9 heteroatoms. The van der Waals surface area contributed by atoms with Crippen LogP contribution in [0.3, 0.4) is 0 Å². The Balaban J connectivity index is 1.92. The van der Waals surface area contributed by atoms with Gasteiger partial charge in [-0.05, 0) is 56.2 Å². The van der Waals surface area contributed by atoms with Gasteiger partial charge >= 0.3 is 5.69 Å². The van der Waals surface area contributed by atoms with Crippen LogP contribution in [0.15, 0.2) is 58.1 Å². The molecule has 0 atom stereocenters. The van der Waals surface area contributed by atoms with Crippen LogP contribution >= 0.6 is 11.3 Å². The number of non-ortho nitro benzene ring substituents is 1. The molecule has 164 valence electrons. The van der Waals surface area contributed by atoms with Crippen LogP contribution in [0, 0.1) is 24.0 Å². The molecule has 0 fully saturated rings. The molecule has 4 rings (SSSR count). The Labute approximate surface area is 187 Å². The van der Waals surface area contributed by atoms with Gasteiger partial charge in [0.05, 0.1) is 29.1 Å². The minimum atomic E-state index is -0.466. The first kappa shape index (κ1) is 21.5. The predicted octanol–water partition coefficient (Wildman–Crippen LogP) is 4.19. The number of fused-ring (bicyclic) bond motifs is 1. The van der Waals surface area contributed by atoms with Gasteiger partial charge in [0.1, 0.15) is 10.6 Å². The second-order valence-corrected chi connectivity index (χ2v) is 8.53. The fraction of sp³-hybridized carbons (Fsp3) is 0.217. The molecule has 0 amide bonds. The highest BCUT2D eigenvalue weighted by Gasteiger charge is 2.20. The molecule has 0 unspecified atom stereocenters. The summed E-state index contributed by atoms with van der Waals surface area (Å²) in [6.07, 6.45) is 0. The predicted molar refractivity (Wildman–Crippen MR) is 125 cm³/mol. The summed E-state index contributed by atoms with van der Waals surface area (Å²) in [4.78, 5) is 38.9. The molecule has 0 N–H and O–H groups in total. The molecule has 2 aromatic heterocycles. The summed E-state index contributed by atoms with van der Waals surface area (Å²) in [6, 6.07) is 12.9. The highest BCUT2D eigenvalue weighted by molar-refractivity contribution is 7.18. The van der Waals surface area contributed by atoms with Gasteiger partial charge in [-0.2, -0.15) is 0 Å². The third-order valence-electron chi connectivity index (χ3n) is 5.34. The zero-order chi connectivity index (χ0) is 23.0. The quantitative estimate of drug-likeness (QED) is 0.324. The fourth-order valence-electron chi connectivity index (χ4n) is 3.59. The number of ether oxygens (including phenoxy) is 1. The van der Waals surface area contributed by atoms with Gasteiger partial charge < -0.3 is 4.74 Å². The molecule has 8 nitrogen and oxygen atoms in total. The lowest BCUT2D eigenvalue weighted by Gasteiger charge is -2.13. The van der Waals surface area contributed by atoms with E-state index in [-0.39, 0.29) is 17.8 Å². The third kappa shape index (κ3) is 3.71. The highest BCUT2D eigenvalue weighted by atomic mass is 32.1. The first-order valence-electron chi connectivity index (χ1n) is 10.0. The van der Waals surface area contributed by atoms with Gasteiger partial charge in [-0.3, -0.25) is 19.5 Å². The smallest absolute Gasteiger partial charge is 0.337 e. The van der Waals surface area contributed by atoms with Crippen molar-refractivity contribution in [2.24, 2.45) is 0 Å². The van der Waals surface area contributed by atoms with Crippen LogP contribution in [-0.2, 0) is 6.54 Å². The number of nitrogens with zero attached hydrogens (tertiary/aromatic N) is 3. The Hall–Kier alpha value is -3.72. The van der Waals surface area contributed by atoms with E-state index in [2.05, 4.69) is 0 Å². The van der Waals surface area contributed by atoms with Crippen LogP contribution in [0.5, 0.6) is 5.75 Å². The van der Waals surface area contributed by atoms with Crippen LogP contribution in [0.1, 0.15) is 22.9 Å². The van der Waals surface area contributed by atoms with Gasteiger partial charge in [0.15, 0.2) is 0 Å². The lowest BCUT2D eigenvalue weighted by Crippen LogP contribution is -2.38. The molecule has 0 aliphatic heterocycles. The molecule has 0 aliphatic carbocycles. The molecule has 32 heavy (non-hydrogen) atoms. The molecule has 4 aromatic rings. The van der Waals surface area contributed by atoms with Crippen molar-refractivity contribution >= 4 is 27.2 Å². The van der Waals surface area contributed by atoms with Gasteiger partial charge in [0.25, 0.3) is 11.2 Å². The van der Waals surface area contributed by atoms with Crippen LogP contribution in [-0.4, -0.2) is 20.7 Å². The van der Waals surface area contributed by atoms with Gasteiger partial charge in [0.2, 0.25) is 0 Å². The van der Waals surface area contributed by atoms with Crippen LogP contribution < -0.4 is 16.0 Å². The molecule has 0 aliphatic rings. The number of nitro groups is 1. The van der Waals surface area contributed by atoms with E-state index >= 15 is 0 Å². The Morgan fingerprint density at radius 1 is 1.03 bits per heavy atom. The van der Waals surface area contributed by atoms with Crippen molar-refractivity contribution in [1.82, 2.24) is 9.13 Å². The van der Waals surface area contributed by atoms with E-state index in [0.717, 1.165) is 16.0 Å². The van der Waals surface area contributed by atoms with Gasteiger partial charge in [0, 0.05) is 17.0 Å². The monoisotopic (exact) mass is 451 g/mol. The van der Waals surface area contributed by atoms with Crippen molar-refractivity contribution in [3.63, 3.8) is 0 Å². The topological polar surface area (TPSA) is 96.4 Å². The van der Waals surface area contributed by atoms with E-state index in [9.17, 15) is 19.7 Å². The van der Waals surface area contributed by atoms with Crippen molar-refractivity contribution in [2.45, 2.75) is 27.3 Å². The van der Waals surface area contributed by atoms with E-state index in [1.54, 1.807) is 41.0 Å². The first-order valence-corrected chi connectivity index (χ1v) is 10.9. The maximum atomic E-state index is 13.5. The molecule has 0 bridgehead atoms. The Morgan fingerprint density at radius 2 is 1.69 bits per heavy atom. The second kappa shape index (κ2) is 8.43.